The van der Waals surface area contributed by atoms with E-state index in [4.69, 9.17) is 0 Å². The number of hydrogen-bond donors (Lipinski definition) is 0. The number of carbonyl (C=O) groups excluding carboxylic acids is 1. The number of hydrogen-bond acceptors (Lipinski definition) is 4. The first-order valence-electron chi connectivity index (χ1n) is 7.38. The summed E-state index contributed by atoms with van der Waals surface area (Å²) < 4.78 is 44.8. The molecule has 0 aliphatic rings. The SMILES string of the molecule is CCC(C)n1nc(CC(=O)OC)c(=O)c2ccc(C(F)(F)F)cc21. The topological polar surface area (TPSA) is 61.2 Å². The average molecular weight is 342 g/mol. The van der Waals surface area contributed by atoms with E-state index in [1.807, 2.05) is 6.92 Å². The molecule has 5 nitrogen and oxygen atoms in total. The third kappa shape index (κ3) is 3.42. The minimum Gasteiger partial charge on any atom is -0.469 e. The summed E-state index contributed by atoms with van der Waals surface area (Å²) in [4.78, 5) is 23.9. The second-order valence-corrected chi connectivity index (χ2v) is 5.46. The number of aromatic nitrogens is 2. The highest BCUT2D eigenvalue weighted by Gasteiger charge is 2.31. The molecule has 2 rings (SSSR count). The third-order valence-electron chi connectivity index (χ3n) is 3.85. The number of benzene rings is 1. The van der Waals surface area contributed by atoms with Crippen molar-refractivity contribution in [1.29, 1.82) is 0 Å². The van der Waals surface area contributed by atoms with Crippen LogP contribution in [-0.4, -0.2) is 22.9 Å². The molecule has 1 heterocycles. The van der Waals surface area contributed by atoms with Gasteiger partial charge in [-0.25, -0.2) is 0 Å². The maximum Gasteiger partial charge on any atom is 0.416 e. The molecule has 0 amide bonds. The number of esters is 1. The molecule has 0 radical (unpaired) electrons. The molecular weight excluding hydrogens is 325 g/mol. The van der Waals surface area contributed by atoms with Crippen molar-refractivity contribution in [3.05, 3.63) is 39.7 Å². The zero-order valence-corrected chi connectivity index (χ0v) is 13.5. The van der Waals surface area contributed by atoms with E-state index >= 15 is 0 Å². The van der Waals surface area contributed by atoms with Gasteiger partial charge >= 0.3 is 12.1 Å². The number of nitrogens with zero attached hydrogens (tertiary/aromatic N) is 2. The van der Waals surface area contributed by atoms with Crippen LogP contribution in [0.25, 0.3) is 10.9 Å². The predicted octanol–water partition coefficient (Wildman–Crippen LogP) is 3.10. The van der Waals surface area contributed by atoms with Crippen LogP contribution in [0.5, 0.6) is 0 Å². The maximum atomic E-state index is 13.0. The lowest BCUT2D eigenvalue weighted by molar-refractivity contribution is -0.140. The van der Waals surface area contributed by atoms with Crippen LogP contribution in [-0.2, 0) is 22.1 Å². The fourth-order valence-electron chi connectivity index (χ4n) is 2.31. The Kier molecular flexibility index (Phi) is 4.96. The van der Waals surface area contributed by atoms with Crippen molar-refractivity contribution in [3.8, 4) is 0 Å². The van der Waals surface area contributed by atoms with E-state index in [-0.39, 0.29) is 29.1 Å². The molecule has 1 aromatic carbocycles. The average Bonchev–Trinajstić information content (AvgIpc) is 2.55. The van der Waals surface area contributed by atoms with Crippen LogP contribution in [0.1, 0.15) is 37.6 Å². The van der Waals surface area contributed by atoms with Crippen LogP contribution in [0.15, 0.2) is 23.0 Å². The van der Waals surface area contributed by atoms with Crippen molar-refractivity contribution < 1.29 is 22.7 Å². The van der Waals surface area contributed by atoms with Crippen molar-refractivity contribution in [1.82, 2.24) is 9.78 Å². The van der Waals surface area contributed by atoms with Gasteiger partial charge in [-0.05, 0) is 31.5 Å². The van der Waals surface area contributed by atoms with Gasteiger partial charge in [0.05, 0.1) is 24.6 Å². The molecule has 1 unspecified atom stereocenters. The highest BCUT2D eigenvalue weighted by atomic mass is 19.4. The van der Waals surface area contributed by atoms with Gasteiger partial charge in [0, 0.05) is 11.4 Å². The molecule has 24 heavy (non-hydrogen) atoms. The lowest BCUT2D eigenvalue weighted by atomic mass is 10.1. The number of alkyl halides is 3. The number of halogens is 3. The van der Waals surface area contributed by atoms with E-state index in [0.29, 0.717) is 6.42 Å². The largest absolute Gasteiger partial charge is 0.469 e. The number of fused-ring (bicyclic) bond motifs is 1. The first-order valence-corrected chi connectivity index (χ1v) is 7.38. The van der Waals surface area contributed by atoms with Crippen LogP contribution in [0.3, 0.4) is 0 Å². The number of carbonyl (C=O) groups is 1. The second kappa shape index (κ2) is 6.62. The summed E-state index contributed by atoms with van der Waals surface area (Å²) in [5.74, 6) is -0.637. The minimum atomic E-state index is -4.52. The Labute approximate surface area is 136 Å². The minimum absolute atomic E-state index is 0.0468. The smallest absolute Gasteiger partial charge is 0.416 e. The van der Waals surface area contributed by atoms with Gasteiger partial charge in [-0.2, -0.15) is 18.3 Å². The quantitative estimate of drug-likeness (QED) is 0.801. The van der Waals surface area contributed by atoms with Gasteiger partial charge in [-0.15, -0.1) is 0 Å². The summed E-state index contributed by atoms with van der Waals surface area (Å²) in [7, 11) is 1.19. The van der Waals surface area contributed by atoms with Crippen molar-refractivity contribution in [2.45, 2.75) is 38.9 Å². The normalized spacial score (nSPS) is 13.1. The maximum absolute atomic E-state index is 13.0. The van der Waals surface area contributed by atoms with Gasteiger partial charge in [0.1, 0.15) is 5.69 Å². The zero-order chi connectivity index (χ0) is 18.1. The van der Waals surface area contributed by atoms with E-state index < -0.39 is 23.1 Å². The molecule has 0 spiro atoms. The molecule has 2 aromatic rings. The molecule has 0 aliphatic carbocycles. The summed E-state index contributed by atoms with van der Waals surface area (Å²) in [6.07, 6.45) is -4.25. The predicted molar refractivity (Wildman–Crippen MR) is 81.7 cm³/mol. The summed E-state index contributed by atoms with van der Waals surface area (Å²) in [6.45, 7) is 3.63. The Morgan fingerprint density at radius 2 is 2.04 bits per heavy atom. The molecule has 0 aliphatic heterocycles. The Balaban J connectivity index is 2.77. The Hall–Kier alpha value is -2.38. The fraction of sp³-hybridized carbons (Fsp3) is 0.438. The Morgan fingerprint density at radius 3 is 2.58 bits per heavy atom. The van der Waals surface area contributed by atoms with Gasteiger partial charge in [-0.3, -0.25) is 14.3 Å². The van der Waals surface area contributed by atoms with Crippen LogP contribution >= 0.6 is 0 Å². The second-order valence-electron chi connectivity index (χ2n) is 5.46. The third-order valence-corrected chi connectivity index (χ3v) is 3.85. The number of methoxy groups -OCH3 is 1. The highest BCUT2D eigenvalue weighted by Crippen LogP contribution is 2.31. The molecule has 0 saturated heterocycles. The molecule has 1 aromatic heterocycles. The van der Waals surface area contributed by atoms with E-state index in [1.165, 1.54) is 11.8 Å². The van der Waals surface area contributed by atoms with Crippen LogP contribution in [0, 0.1) is 0 Å². The lowest BCUT2D eigenvalue weighted by Gasteiger charge is -2.18. The Bertz CT molecular complexity index is 828. The van der Waals surface area contributed by atoms with E-state index in [0.717, 1.165) is 18.2 Å². The van der Waals surface area contributed by atoms with Gasteiger partial charge in [0.2, 0.25) is 5.43 Å². The van der Waals surface area contributed by atoms with E-state index in [2.05, 4.69) is 9.84 Å². The standard InChI is InChI=1S/C16H17F3N2O3/c1-4-9(2)21-13-7-10(16(17,18)19)5-6-11(13)15(23)12(20-21)8-14(22)24-3/h5-7,9H,4,8H2,1-3H3. The summed E-state index contributed by atoms with van der Waals surface area (Å²) >= 11 is 0. The van der Waals surface area contributed by atoms with Crippen molar-refractivity contribution in [3.63, 3.8) is 0 Å². The molecule has 0 N–H and O–H groups in total. The number of rotatable bonds is 4. The molecule has 1 atom stereocenters. The molecular formula is C16H17F3N2O3. The first-order chi connectivity index (χ1) is 11.2. The summed E-state index contributed by atoms with van der Waals surface area (Å²) in [6, 6.07) is 2.65. The molecule has 8 heteroatoms. The van der Waals surface area contributed by atoms with Gasteiger partial charge in [-0.1, -0.05) is 6.92 Å². The monoisotopic (exact) mass is 342 g/mol. The van der Waals surface area contributed by atoms with Gasteiger partial charge in [0.15, 0.2) is 0 Å². The summed E-state index contributed by atoms with van der Waals surface area (Å²) in [5.41, 5.74) is -1.37. The highest BCUT2D eigenvalue weighted by molar-refractivity contribution is 5.81. The first kappa shape index (κ1) is 18.0. The van der Waals surface area contributed by atoms with Crippen LogP contribution < -0.4 is 5.43 Å². The molecule has 0 bridgehead atoms. The fourth-order valence-corrected chi connectivity index (χ4v) is 2.31. The molecule has 130 valence electrons. The van der Waals surface area contributed by atoms with E-state index in [9.17, 15) is 22.8 Å². The zero-order valence-electron chi connectivity index (χ0n) is 13.5. The molecule has 0 saturated carbocycles. The van der Waals surface area contributed by atoms with Crippen molar-refractivity contribution >= 4 is 16.9 Å². The van der Waals surface area contributed by atoms with E-state index in [1.54, 1.807) is 6.92 Å². The van der Waals surface area contributed by atoms with Crippen molar-refractivity contribution in [2.24, 2.45) is 0 Å². The number of ether oxygens (including phenoxy) is 1. The lowest BCUT2D eigenvalue weighted by Crippen LogP contribution is -2.24. The molecule has 0 fully saturated rings. The Morgan fingerprint density at radius 1 is 1.38 bits per heavy atom. The van der Waals surface area contributed by atoms with Gasteiger partial charge < -0.3 is 4.74 Å². The van der Waals surface area contributed by atoms with Crippen molar-refractivity contribution in [2.75, 3.05) is 7.11 Å². The van der Waals surface area contributed by atoms with Crippen LogP contribution in [0.4, 0.5) is 13.2 Å². The summed E-state index contributed by atoms with van der Waals surface area (Å²) in [5, 5.41) is 4.21. The van der Waals surface area contributed by atoms with Crippen LogP contribution in [0.2, 0.25) is 0 Å². The van der Waals surface area contributed by atoms with Gasteiger partial charge in [0.25, 0.3) is 0 Å².